The van der Waals surface area contributed by atoms with Crippen molar-refractivity contribution in [3.8, 4) is 5.75 Å². The lowest BCUT2D eigenvalue weighted by molar-refractivity contribution is -0.120. The molecule has 0 unspecified atom stereocenters. The predicted molar refractivity (Wildman–Crippen MR) is 77.1 cm³/mol. The molecular weight excluding hydrogens is 271 g/mol. The van der Waals surface area contributed by atoms with Crippen molar-refractivity contribution in [3.05, 3.63) is 65.5 Å². The first-order chi connectivity index (χ1) is 10.1. The number of carbonyl (C=O) groups is 2. The summed E-state index contributed by atoms with van der Waals surface area (Å²) in [7, 11) is 0. The number of halogens is 1. The lowest BCUT2D eigenvalue weighted by Gasteiger charge is -2.07. The largest absolute Gasteiger partial charge is 0.486 e. The van der Waals surface area contributed by atoms with Crippen molar-refractivity contribution >= 4 is 11.6 Å². The second-order valence-corrected chi connectivity index (χ2v) is 4.69. The number of ketones is 2. The first-order valence-electron chi connectivity index (χ1n) is 6.55. The minimum absolute atomic E-state index is 0.0120. The molecule has 2 rings (SSSR count). The van der Waals surface area contributed by atoms with Crippen LogP contribution < -0.4 is 4.74 Å². The van der Waals surface area contributed by atoms with Crippen LogP contribution in [-0.4, -0.2) is 18.2 Å². The van der Waals surface area contributed by atoms with E-state index in [4.69, 9.17) is 4.74 Å². The van der Waals surface area contributed by atoms with Gasteiger partial charge >= 0.3 is 0 Å². The average Bonchev–Trinajstić information content (AvgIpc) is 2.46. The molecule has 0 amide bonds. The van der Waals surface area contributed by atoms with Crippen molar-refractivity contribution in [2.75, 3.05) is 6.61 Å². The second kappa shape index (κ2) is 6.79. The first-order valence-corrected chi connectivity index (χ1v) is 6.55. The highest BCUT2D eigenvalue weighted by molar-refractivity contribution is 5.94. The normalized spacial score (nSPS) is 10.2. The van der Waals surface area contributed by atoms with E-state index in [1.165, 1.54) is 19.1 Å². The number of Topliss-reactive ketones (excluding diaryl/α,β-unsaturated/α-hetero) is 2. The van der Waals surface area contributed by atoms with Gasteiger partial charge in [-0.2, -0.15) is 0 Å². The molecule has 0 aliphatic carbocycles. The van der Waals surface area contributed by atoms with Crippen molar-refractivity contribution < 1.29 is 18.7 Å². The van der Waals surface area contributed by atoms with E-state index in [9.17, 15) is 14.0 Å². The minimum Gasteiger partial charge on any atom is -0.486 e. The Morgan fingerprint density at radius 1 is 1.10 bits per heavy atom. The number of carbonyl (C=O) groups excluding carboxylic acids is 2. The summed E-state index contributed by atoms with van der Waals surface area (Å²) in [5.74, 6) is -0.856. The van der Waals surface area contributed by atoms with E-state index >= 15 is 0 Å². The Hall–Kier alpha value is -2.49. The minimum atomic E-state index is -0.643. The van der Waals surface area contributed by atoms with E-state index in [0.29, 0.717) is 0 Å². The molecule has 0 bridgehead atoms. The third-order valence-corrected chi connectivity index (χ3v) is 2.96. The maximum Gasteiger partial charge on any atom is 0.174 e. The van der Waals surface area contributed by atoms with E-state index in [0.717, 1.165) is 11.6 Å². The molecule has 2 aromatic carbocycles. The Kier molecular flexibility index (Phi) is 4.82. The van der Waals surface area contributed by atoms with Crippen molar-refractivity contribution in [1.82, 2.24) is 0 Å². The molecule has 0 atom stereocenters. The molecule has 0 aliphatic heterocycles. The fraction of sp³-hybridized carbons (Fsp3) is 0.176. The van der Waals surface area contributed by atoms with Crippen LogP contribution in [0, 0.1) is 5.82 Å². The van der Waals surface area contributed by atoms with Crippen molar-refractivity contribution in [2.24, 2.45) is 0 Å². The molecule has 0 radical (unpaired) electrons. The third-order valence-electron chi connectivity index (χ3n) is 2.96. The van der Waals surface area contributed by atoms with Crippen LogP contribution in [0.1, 0.15) is 22.8 Å². The lowest BCUT2D eigenvalue weighted by Crippen LogP contribution is -2.14. The van der Waals surface area contributed by atoms with Gasteiger partial charge in [0.05, 0.1) is 5.56 Å². The Balaban J connectivity index is 1.92. The van der Waals surface area contributed by atoms with Gasteiger partial charge in [-0.1, -0.05) is 30.3 Å². The van der Waals surface area contributed by atoms with Crippen LogP contribution in [-0.2, 0) is 11.2 Å². The molecule has 21 heavy (non-hydrogen) atoms. The second-order valence-electron chi connectivity index (χ2n) is 4.69. The molecule has 0 saturated carbocycles. The van der Waals surface area contributed by atoms with Crippen LogP contribution in [0.15, 0.2) is 48.5 Å². The smallest absolute Gasteiger partial charge is 0.174 e. The molecule has 2 aromatic rings. The molecular formula is C17H15FO3. The molecule has 3 nitrogen and oxygen atoms in total. The van der Waals surface area contributed by atoms with Gasteiger partial charge < -0.3 is 4.74 Å². The average molecular weight is 286 g/mol. The highest BCUT2D eigenvalue weighted by atomic mass is 19.1. The van der Waals surface area contributed by atoms with E-state index in [1.807, 2.05) is 30.3 Å². The first kappa shape index (κ1) is 14.9. The predicted octanol–water partition coefficient (Wildman–Crippen LogP) is 3.22. The molecule has 0 fully saturated rings. The van der Waals surface area contributed by atoms with Gasteiger partial charge in [-0.25, -0.2) is 4.39 Å². The van der Waals surface area contributed by atoms with Crippen molar-refractivity contribution in [3.63, 3.8) is 0 Å². The van der Waals surface area contributed by atoms with Crippen LogP contribution >= 0.6 is 0 Å². The number of hydrogen-bond acceptors (Lipinski definition) is 3. The van der Waals surface area contributed by atoms with Gasteiger partial charge in [-0.15, -0.1) is 0 Å². The summed E-state index contributed by atoms with van der Waals surface area (Å²) in [4.78, 5) is 22.9. The van der Waals surface area contributed by atoms with Gasteiger partial charge in [0.1, 0.15) is 18.2 Å². The number of hydrogen-bond donors (Lipinski definition) is 0. The summed E-state index contributed by atoms with van der Waals surface area (Å²) in [5, 5.41) is 0. The molecule has 0 spiro atoms. The van der Waals surface area contributed by atoms with E-state index in [-0.39, 0.29) is 35.9 Å². The maximum atomic E-state index is 13.6. The fourth-order valence-electron chi connectivity index (χ4n) is 1.91. The SMILES string of the molecule is CC(=O)c1ccc(OCC(=O)Cc2ccccc2)cc1F. The Labute approximate surface area is 122 Å². The Bertz CT molecular complexity index is 650. The summed E-state index contributed by atoms with van der Waals surface area (Å²) < 4.78 is 18.8. The number of benzene rings is 2. The Morgan fingerprint density at radius 3 is 2.43 bits per heavy atom. The quantitative estimate of drug-likeness (QED) is 0.766. The van der Waals surface area contributed by atoms with E-state index < -0.39 is 5.82 Å². The van der Waals surface area contributed by atoms with Crippen LogP contribution in [0.25, 0.3) is 0 Å². The van der Waals surface area contributed by atoms with Crippen LogP contribution in [0.4, 0.5) is 4.39 Å². The third kappa shape index (κ3) is 4.24. The van der Waals surface area contributed by atoms with Gasteiger partial charge in [0.2, 0.25) is 0 Å². The fourth-order valence-corrected chi connectivity index (χ4v) is 1.91. The van der Waals surface area contributed by atoms with E-state index in [2.05, 4.69) is 0 Å². The lowest BCUT2D eigenvalue weighted by atomic mass is 10.1. The molecule has 0 aliphatic rings. The summed E-state index contributed by atoms with van der Waals surface area (Å²) >= 11 is 0. The number of ether oxygens (including phenoxy) is 1. The Morgan fingerprint density at radius 2 is 1.81 bits per heavy atom. The van der Waals surface area contributed by atoms with Crippen LogP contribution in [0.5, 0.6) is 5.75 Å². The molecule has 0 heterocycles. The van der Waals surface area contributed by atoms with Crippen molar-refractivity contribution in [2.45, 2.75) is 13.3 Å². The van der Waals surface area contributed by atoms with Gasteiger partial charge in [-0.3, -0.25) is 9.59 Å². The molecule has 0 saturated heterocycles. The molecule has 0 N–H and O–H groups in total. The number of rotatable bonds is 6. The van der Waals surface area contributed by atoms with Gasteiger partial charge in [-0.05, 0) is 24.6 Å². The van der Waals surface area contributed by atoms with E-state index in [1.54, 1.807) is 0 Å². The topological polar surface area (TPSA) is 43.4 Å². The summed E-state index contributed by atoms with van der Waals surface area (Å²) in [6.07, 6.45) is 0.273. The van der Waals surface area contributed by atoms with Gasteiger partial charge in [0, 0.05) is 12.5 Å². The molecule has 4 heteroatoms. The van der Waals surface area contributed by atoms with Gasteiger partial charge in [0.15, 0.2) is 11.6 Å². The van der Waals surface area contributed by atoms with Crippen LogP contribution in [0.3, 0.4) is 0 Å². The molecule has 108 valence electrons. The molecule has 0 aromatic heterocycles. The monoisotopic (exact) mass is 286 g/mol. The zero-order chi connectivity index (χ0) is 15.2. The van der Waals surface area contributed by atoms with Crippen LogP contribution in [0.2, 0.25) is 0 Å². The van der Waals surface area contributed by atoms with Crippen molar-refractivity contribution in [1.29, 1.82) is 0 Å². The summed E-state index contributed by atoms with van der Waals surface area (Å²) in [6, 6.07) is 13.3. The highest BCUT2D eigenvalue weighted by Crippen LogP contribution is 2.17. The zero-order valence-electron chi connectivity index (χ0n) is 11.6. The summed E-state index contributed by atoms with van der Waals surface area (Å²) in [6.45, 7) is 1.16. The zero-order valence-corrected chi connectivity index (χ0v) is 11.6. The van der Waals surface area contributed by atoms with Gasteiger partial charge in [0.25, 0.3) is 0 Å². The maximum absolute atomic E-state index is 13.6. The summed E-state index contributed by atoms with van der Waals surface area (Å²) in [5.41, 5.74) is 0.919. The highest BCUT2D eigenvalue weighted by Gasteiger charge is 2.10. The standard InChI is InChI=1S/C17H15FO3/c1-12(19)16-8-7-15(10-17(16)18)21-11-14(20)9-13-5-3-2-4-6-13/h2-8,10H,9,11H2,1H3.